The number of unbranched alkanes of at least 4 members (excludes halogenated alkanes) is 13. The summed E-state index contributed by atoms with van der Waals surface area (Å²) in [4.78, 5) is 0. The average molecular weight is 329 g/mol. The minimum Gasteiger partial charge on any atom is -0.0810 e. The van der Waals surface area contributed by atoms with Crippen LogP contribution in [0.3, 0.4) is 0 Å². The first kappa shape index (κ1) is 21.0. The van der Waals surface area contributed by atoms with Crippen molar-refractivity contribution in [2.45, 2.75) is 104 Å². The molecule has 0 aliphatic rings. The molecule has 0 saturated heterocycles. The van der Waals surface area contributed by atoms with Gasteiger partial charge in [0, 0.05) is 0 Å². The maximum Gasteiger partial charge on any atom is -0.0231 e. The predicted molar refractivity (Wildman–Crippen MR) is 110 cm³/mol. The topological polar surface area (TPSA) is 0 Å². The van der Waals surface area contributed by atoms with Gasteiger partial charge in [-0.3, -0.25) is 0 Å². The quantitative estimate of drug-likeness (QED) is 0.283. The van der Waals surface area contributed by atoms with Gasteiger partial charge in [0.25, 0.3) is 0 Å². The van der Waals surface area contributed by atoms with Crippen molar-refractivity contribution in [2.24, 2.45) is 0 Å². The molecule has 0 heterocycles. The van der Waals surface area contributed by atoms with Gasteiger partial charge < -0.3 is 0 Å². The Morgan fingerprint density at radius 3 is 1.62 bits per heavy atom. The summed E-state index contributed by atoms with van der Waals surface area (Å²) in [5.41, 5.74) is 2.79. The van der Waals surface area contributed by atoms with Crippen molar-refractivity contribution in [3.05, 3.63) is 42.0 Å². The van der Waals surface area contributed by atoms with E-state index in [-0.39, 0.29) is 0 Å². The van der Waals surface area contributed by atoms with E-state index in [1.807, 2.05) is 0 Å². The minimum absolute atomic E-state index is 1.23. The second-order valence-corrected chi connectivity index (χ2v) is 7.28. The largest absolute Gasteiger partial charge is 0.0810 e. The summed E-state index contributed by atoms with van der Waals surface area (Å²) in [6, 6.07) is 10.7. The second kappa shape index (κ2) is 15.5. The summed E-state index contributed by atoms with van der Waals surface area (Å²) in [6.45, 7) is 4.53. The average Bonchev–Trinajstić information content (AvgIpc) is 2.62. The lowest BCUT2D eigenvalue weighted by atomic mass is 10.0. The van der Waals surface area contributed by atoms with Crippen LogP contribution in [0.25, 0.3) is 5.57 Å². The molecule has 0 amide bonds. The molecule has 1 aromatic rings. The molecule has 0 heteroatoms. The lowest BCUT2D eigenvalue weighted by molar-refractivity contribution is 0.540. The van der Waals surface area contributed by atoms with Gasteiger partial charge in [0.05, 0.1) is 0 Å². The predicted octanol–water partition coefficient (Wildman–Crippen LogP) is 8.57. The van der Waals surface area contributed by atoms with Gasteiger partial charge in [-0.2, -0.15) is 0 Å². The van der Waals surface area contributed by atoms with E-state index in [4.69, 9.17) is 0 Å². The molecule has 0 atom stereocenters. The molecule has 1 rings (SSSR count). The smallest absolute Gasteiger partial charge is 0.0231 e. The Morgan fingerprint density at radius 1 is 0.667 bits per heavy atom. The van der Waals surface area contributed by atoms with E-state index in [9.17, 15) is 0 Å². The molecule has 1 aromatic carbocycles. The number of rotatable bonds is 15. The van der Waals surface area contributed by atoms with E-state index in [2.05, 4.69) is 50.3 Å². The molecule has 0 spiro atoms. The van der Waals surface area contributed by atoms with Crippen molar-refractivity contribution in [3.8, 4) is 0 Å². The minimum atomic E-state index is 1.23. The summed E-state index contributed by atoms with van der Waals surface area (Å²) in [5.74, 6) is 0. The third kappa shape index (κ3) is 11.5. The number of hydrogen-bond acceptors (Lipinski definition) is 0. The summed E-state index contributed by atoms with van der Waals surface area (Å²) >= 11 is 0. The van der Waals surface area contributed by atoms with Crippen molar-refractivity contribution < 1.29 is 0 Å². The van der Waals surface area contributed by atoms with Crippen LogP contribution in [0.4, 0.5) is 0 Å². The van der Waals surface area contributed by atoms with Gasteiger partial charge in [-0.15, -0.1) is 0 Å². The molecule has 0 fully saturated rings. The molecule has 0 bridgehead atoms. The third-order valence-electron chi connectivity index (χ3n) is 4.99. The summed E-state index contributed by atoms with van der Waals surface area (Å²) in [6.07, 6.45) is 22.3. The Kier molecular flexibility index (Phi) is 13.6. The Balaban J connectivity index is 1.85. The van der Waals surface area contributed by atoms with E-state index in [0.717, 1.165) is 0 Å². The SMILES string of the molecule is CCCCCCCCCCCCCCC/C=C(/C)c1ccccc1. The zero-order valence-electron chi connectivity index (χ0n) is 16.4. The van der Waals surface area contributed by atoms with Crippen LogP contribution in [0.5, 0.6) is 0 Å². The van der Waals surface area contributed by atoms with Gasteiger partial charge in [-0.25, -0.2) is 0 Å². The summed E-state index contributed by atoms with van der Waals surface area (Å²) in [5, 5.41) is 0. The Bertz CT molecular complexity index is 401. The summed E-state index contributed by atoms with van der Waals surface area (Å²) in [7, 11) is 0. The van der Waals surface area contributed by atoms with Gasteiger partial charge in [0.2, 0.25) is 0 Å². The maximum atomic E-state index is 2.41. The van der Waals surface area contributed by atoms with E-state index in [1.165, 1.54) is 101 Å². The monoisotopic (exact) mass is 328 g/mol. The van der Waals surface area contributed by atoms with Crippen LogP contribution in [0.2, 0.25) is 0 Å². The van der Waals surface area contributed by atoms with Crippen molar-refractivity contribution in [2.75, 3.05) is 0 Å². The lowest BCUT2D eigenvalue weighted by Gasteiger charge is -2.03. The Labute approximate surface area is 151 Å². The lowest BCUT2D eigenvalue weighted by Crippen LogP contribution is -1.83. The van der Waals surface area contributed by atoms with Crippen molar-refractivity contribution in [1.82, 2.24) is 0 Å². The first-order chi connectivity index (χ1) is 11.8. The van der Waals surface area contributed by atoms with Crippen LogP contribution in [0.1, 0.15) is 109 Å². The van der Waals surface area contributed by atoms with Crippen molar-refractivity contribution >= 4 is 5.57 Å². The number of allylic oxidation sites excluding steroid dienone is 2. The Hall–Kier alpha value is -1.04. The number of hydrogen-bond donors (Lipinski definition) is 0. The Morgan fingerprint density at radius 2 is 1.12 bits per heavy atom. The van der Waals surface area contributed by atoms with Gasteiger partial charge in [-0.1, -0.05) is 120 Å². The van der Waals surface area contributed by atoms with Crippen LogP contribution in [0, 0.1) is 0 Å². The van der Waals surface area contributed by atoms with Crippen LogP contribution in [-0.2, 0) is 0 Å². The molecule has 0 aliphatic heterocycles. The van der Waals surface area contributed by atoms with E-state index < -0.39 is 0 Å². The van der Waals surface area contributed by atoms with Crippen LogP contribution >= 0.6 is 0 Å². The van der Waals surface area contributed by atoms with Gasteiger partial charge in [0.15, 0.2) is 0 Å². The molecule has 0 N–H and O–H groups in total. The molecule has 0 saturated carbocycles. The van der Waals surface area contributed by atoms with Crippen molar-refractivity contribution in [3.63, 3.8) is 0 Å². The number of benzene rings is 1. The van der Waals surface area contributed by atoms with Crippen LogP contribution < -0.4 is 0 Å². The third-order valence-corrected chi connectivity index (χ3v) is 4.99. The first-order valence-electron chi connectivity index (χ1n) is 10.6. The highest BCUT2D eigenvalue weighted by Gasteiger charge is 1.95. The van der Waals surface area contributed by atoms with Crippen LogP contribution in [-0.4, -0.2) is 0 Å². The fraction of sp³-hybridized carbons (Fsp3) is 0.667. The summed E-state index contributed by atoms with van der Waals surface area (Å²) < 4.78 is 0. The first-order valence-corrected chi connectivity index (χ1v) is 10.6. The fourth-order valence-electron chi connectivity index (χ4n) is 3.30. The molecule has 0 unspecified atom stereocenters. The van der Waals surface area contributed by atoms with E-state index >= 15 is 0 Å². The second-order valence-electron chi connectivity index (χ2n) is 7.28. The molecule has 0 aromatic heterocycles. The zero-order valence-corrected chi connectivity index (χ0v) is 16.4. The highest BCUT2D eigenvalue weighted by Crippen LogP contribution is 2.16. The van der Waals surface area contributed by atoms with E-state index in [0.29, 0.717) is 0 Å². The maximum absolute atomic E-state index is 2.41. The zero-order chi connectivity index (χ0) is 17.3. The molecular weight excluding hydrogens is 288 g/mol. The van der Waals surface area contributed by atoms with Gasteiger partial charge >= 0.3 is 0 Å². The fourth-order valence-corrected chi connectivity index (χ4v) is 3.30. The van der Waals surface area contributed by atoms with Crippen LogP contribution in [0.15, 0.2) is 36.4 Å². The molecular formula is C24H40. The standard InChI is InChI=1S/C24H40/c1-3-4-5-6-7-8-9-10-11-12-13-14-15-17-20-23(2)24-21-18-16-19-22-24/h16,18-22H,3-15,17H2,1-2H3/b23-20-. The van der Waals surface area contributed by atoms with Gasteiger partial charge in [-0.05, 0) is 30.9 Å². The normalized spacial score (nSPS) is 11.8. The van der Waals surface area contributed by atoms with E-state index in [1.54, 1.807) is 0 Å². The highest BCUT2D eigenvalue weighted by atomic mass is 14.0. The molecule has 136 valence electrons. The molecule has 0 radical (unpaired) electrons. The molecule has 24 heavy (non-hydrogen) atoms. The molecule has 0 nitrogen and oxygen atoms in total. The van der Waals surface area contributed by atoms with Gasteiger partial charge in [0.1, 0.15) is 0 Å². The highest BCUT2D eigenvalue weighted by molar-refractivity contribution is 5.63. The molecule has 0 aliphatic carbocycles. The van der Waals surface area contributed by atoms with Crippen molar-refractivity contribution in [1.29, 1.82) is 0 Å².